The molecule has 0 aliphatic carbocycles. The first-order valence-electron chi connectivity index (χ1n) is 9.11. The molecule has 0 amide bonds. The van der Waals surface area contributed by atoms with Gasteiger partial charge in [-0.15, -0.1) is 0 Å². The molecule has 1 aliphatic rings. The number of aryl methyl sites for hydroxylation is 1. The van der Waals surface area contributed by atoms with Crippen LogP contribution in [-0.2, 0) is 15.9 Å². The molecule has 1 fully saturated rings. The van der Waals surface area contributed by atoms with Gasteiger partial charge in [0.15, 0.2) is 12.1 Å². The number of ketones is 1. The number of hydrogen-bond acceptors (Lipinski definition) is 3. The summed E-state index contributed by atoms with van der Waals surface area (Å²) in [6.45, 7) is 2.83. The molecular weight excluding hydrogens is 312 g/mol. The molecule has 0 saturated carbocycles. The summed E-state index contributed by atoms with van der Waals surface area (Å²) in [5, 5.41) is 0. The van der Waals surface area contributed by atoms with Crippen LogP contribution in [0.4, 0.5) is 0 Å². The SMILES string of the molecule is CC1COC(CCc2ccccc2)OC1CCC(=O)c1ccccc1. The van der Waals surface area contributed by atoms with Crippen LogP contribution in [0.15, 0.2) is 60.7 Å². The van der Waals surface area contributed by atoms with E-state index in [0.717, 1.165) is 24.8 Å². The van der Waals surface area contributed by atoms with Gasteiger partial charge in [0, 0.05) is 24.3 Å². The van der Waals surface area contributed by atoms with Gasteiger partial charge in [-0.05, 0) is 18.4 Å². The summed E-state index contributed by atoms with van der Waals surface area (Å²) < 4.78 is 12.0. The van der Waals surface area contributed by atoms with E-state index in [2.05, 4.69) is 31.2 Å². The van der Waals surface area contributed by atoms with Crippen molar-refractivity contribution in [3.8, 4) is 0 Å². The number of Topliss-reactive ketones (excluding diaryl/α,β-unsaturated/α-hetero) is 1. The van der Waals surface area contributed by atoms with Gasteiger partial charge >= 0.3 is 0 Å². The molecule has 0 bridgehead atoms. The highest BCUT2D eigenvalue weighted by Crippen LogP contribution is 2.25. The van der Waals surface area contributed by atoms with Gasteiger partial charge in [-0.1, -0.05) is 67.6 Å². The molecule has 1 aliphatic heterocycles. The topological polar surface area (TPSA) is 35.5 Å². The zero-order valence-corrected chi connectivity index (χ0v) is 14.8. The monoisotopic (exact) mass is 338 g/mol. The standard InChI is InChI=1S/C22H26O3/c1-17-16-24-22(15-12-18-8-4-2-5-9-18)25-21(17)14-13-20(23)19-10-6-3-7-11-19/h2-11,17,21-22H,12-16H2,1H3. The Morgan fingerprint density at radius 3 is 2.40 bits per heavy atom. The molecule has 3 unspecified atom stereocenters. The zero-order chi connectivity index (χ0) is 17.5. The predicted octanol–water partition coefficient (Wildman–Crippen LogP) is 4.66. The summed E-state index contributed by atoms with van der Waals surface area (Å²) in [4.78, 5) is 12.3. The smallest absolute Gasteiger partial charge is 0.162 e. The van der Waals surface area contributed by atoms with Gasteiger partial charge in [-0.2, -0.15) is 0 Å². The summed E-state index contributed by atoms with van der Waals surface area (Å²) in [7, 11) is 0. The molecular formula is C22H26O3. The van der Waals surface area contributed by atoms with Gasteiger partial charge in [-0.3, -0.25) is 4.79 Å². The predicted molar refractivity (Wildman–Crippen MR) is 98.5 cm³/mol. The second-order valence-electron chi connectivity index (χ2n) is 6.77. The molecule has 3 atom stereocenters. The van der Waals surface area contributed by atoms with Crippen LogP contribution in [0.2, 0.25) is 0 Å². The van der Waals surface area contributed by atoms with E-state index in [1.54, 1.807) is 0 Å². The Morgan fingerprint density at radius 2 is 1.68 bits per heavy atom. The van der Waals surface area contributed by atoms with Crippen molar-refractivity contribution in [3.63, 3.8) is 0 Å². The average molecular weight is 338 g/mol. The van der Waals surface area contributed by atoms with Crippen LogP contribution < -0.4 is 0 Å². The minimum atomic E-state index is -0.173. The maximum atomic E-state index is 12.3. The first-order valence-corrected chi connectivity index (χ1v) is 9.11. The Kier molecular flexibility index (Phi) is 6.37. The number of rotatable bonds is 7. The third-order valence-electron chi connectivity index (χ3n) is 4.77. The molecule has 0 spiro atoms. The van der Waals surface area contributed by atoms with E-state index in [9.17, 15) is 4.79 Å². The fourth-order valence-electron chi connectivity index (χ4n) is 3.21. The summed E-state index contributed by atoms with van der Waals surface area (Å²) in [5.41, 5.74) is 2.08. The lowest BCUT2D eigenvalue weighted by atomic mass is 9.96. The molecule has 3 rings (SSSR count). The number of ether oxygens (including phenoxy) is 2. The van der Waals surface area contributed by atoms with Crippen molar-refractivity contribution >= 4 is 5.78 Å². The molecule has 132 valence electrons. The van der Waals surface area contributed by atoms with Gasteiger partial charge < -0.3 is 9.47 Å². The van der Waals surface area contributed by atoms with E-state index in [1.165, 1.54) is 5.56 Å². The normalized spacial score (nSPS) is 23.3. The van der Waals surface area contributed by atoms with E-state index in [0.29, 0.717) is 18.9 Å². The Labute approximate surface area is 150 Å². The van der Waals surface area contributed by atoms with E-state index >= 15 is 0 Å². The van der Waals surface area contributed by atoms with Crippen molar-refractivity contribution in [2.45, 2.75) is 45.0 Å². The Bertz CT molecular complexity index is 653. The minimum absolute atomic E-state index is 0.0854. The van der Waals surface area contributed by atoms with Crippen molar-refractivity contribution in [2.24, 2.45) is 5.92 Å². The highest BCUT2D eigenvalue weighted by Gasteiger charge is 2.29. The van der Waals surface area contributed by atoms with Crippen molar-refractivity contribution in [2.75, 3.05) is 6.61 Å². The maximum Gasteiger partial charge on any atom is 0.162 e. The van der Waals surface area contributed by atoms with Crippen LogP contribution in [0, 0.1) is 5.92 Å². The molecule has 1 heterocycles. The van der Waals surface area contributed by atoms with Crippen molar-refractivity contribution < 1.29 is 14.3 Å². The summed E-state index contributed by atoms with van der Waals surface area (Å²) in [6, 6.07) is 19.9. The molecule has 2 aromatic rings. The Morgan fingerprint density at radius 1 is 1.00 bits per heavy atom. The van der Waals surface area contributed by atoms with Gasteiger partial charge in [0.05, 0.1) is 12.7 Å². The van der Waals surface area contributed by atoms with Crippen LogP contribution in [-0.4, -0.2) is 24.8 Å². The molecule has 0 aromatic heterocycles. The Hall–Kier alpha value is -1.97. The second kappa shape index (κ2) is 8.93. The lowest BCUT2D eigenvalue weighted by Crippen LogP contribution is -2.39. The van der Waals surface area contributed by atoms with E-state index < -0.39 is 0 Å². The molecule has 3 nitrogen and oxygen atoms in total. The van der Waals surface area contributed by atoms with Crippen molar-refractivity contribution in [1.29, 1.82) is 0 Å². The molecule has 3 heteroatoms. The number of carbonyl (C=O) groups excluding carboxylic acids is 1. The first-order chi connectivity index (χ1) is 12.2. The van der Waals surface area contributed by atoms with Crippen LogP contribution in [0.5, 0.6) is 0 Å². The van der Waals surface area contributed by atoms with Gasteiger partial charge in [0.1, 0.15) is 0 Å². The molecule has 2 aromatic carbocycles. The van der Waals surface area contributed by atoms with E-state index in [4.69, 9.17) is 9.47 Å². The van der Waals surface area contributed by atoms with Gasteiger partial charge in [0.2, 0.25) is 0 Å². The summed E-state index contributed by atoms with van der Waals surface area (Å²) >= 11 is 0. The zero-order valence-electron chi connectivity index (χ0n) is 14.8. The van der Waals surface area contributed by atoms with Crippen LogP contribution in [0.3, 0.4) is 0 Å². The van der Waals surface area contributed by atoms with E-state index in [-0.39, 0.29) is 18.2 Å². The van der Waals surface area contributed by atoms with Gasteiger partial charge in [-0.25, -0.2) is 0 Å². The largest absolute Gasteiger partial charge is 0.352 e. The molecule has 1 saturated heterocycles. The highest BCUT2D eigenvalue weighted by atomic mass is 16.7. The first kappa shape index (κ1) is 17.8. The van der Waals surface area contributed by atoms with Crippen LogP contribution >= 0.6 is 0 Å². The lowest BCUT2D eigenvalue weighted by Gasteiger charge is -2.35. The van der Waals surface area contributed by atoms with Crippen molar-refractivity contribution in [1.82, 2.24) is 0 Å². The average Bonchev–Trinajstić information content (AvgIpc) is 2.67. The third kappa shape index (κ3) is 5.25. The van der Waals surface area contributed by atoms with Crippen LogP contribution in [0.1, 0.15) is 42.1 Å². The van der Waals surface area contributed by atoms with Gasteiger partial charge in [0.25, 0.3) is 0 Å². The number of carbonyl (C=O) groups is 1. The summed E-state index contributed by atoms with van der Waals surface area (Å²) in [5.74, 6) is 0.500. The maximum absolute atomic E-state index is 12.3. The van der Waals surface area contributed by atoms with Crippen LogP contribution in [0.25, 0.3) is 0 Å². The van der Waals surface area contributed by atoms with E-state index in [1.807, 2.05) is 36.4 Å². The Balaban J connectivity index is 1.48. The highest BCUT2D eigenvalue weighted by molar-refractivity contribution is 5.95. The molecule has 0 N–H and O–H groups in total. The molecule has 0 radical (unpaired) electrons. The summed E-state index contributed by atoms with van der Waals surface area (Å²) in [6.07, 6.45) is 2.97. The molecule has 25 heavy (non-hydrogen) atoms. The van der Waals surface area contributed by atoms with Crippen molar-refractivity contribution in [3.05, 3.63) is 71.8 Å². The number of benzene rings is 2. The lowest BCUT2D eigenvalue weighted by molar-refractivity contribution is -0.236. The second-order valence-corrected chi connectivity index (χ2v) is 6.77. The minimum Gasteiger partial charge on any atom is -0.352 e. The fraction of sp³-hybridized carbons (Fsp3) is 0.409. The fourth-order valence-corrected chi connectivity index (χ4v) is 3.21. The number of hydrogen-bond donors (Lipinski definition) is 0. The quantitative estimate of drug-likeness (QED) is 0.689. The third-order valence-corrected chi connectivity index (χ3v) is 4.77.